The van der Waals surface area contributed by atoms with E-state index in [0.29, 0.717) is 27.5 Å². The van der Waals surface area contributed by atoms with Crippen LogP contribution in [0.25, 0.3) is 0 Å². The topological polar surface area (TPSA) is 84.2 Å². The number of amides is 2. The van der Waals surface area contributed by atoms with Gasteiger partial charge < -0.3 is 16.4 Å². The summed E-state index contributed by atoms with van der Waals surface area (Å²) in [4.78, 5) is 23.7. The molecule has 0 radical (unpaired) electrons. The highest BCUT2D eigenvalue weighted by atomic mass is 35.5. The van der Waals surface area contributed by atoms with Crippen LogP contribution in [-0.2, 0) is 0 Å². The Bertz CT molecular complexity index is 701. The number of benzene rings is 2. The van der Waals surface area contributed by atoms with Crippen molar-refractivity contribution in [3.05, 3.63) is 58.6 Å². The average molecular weight is 304 g/mol. The number of hydrogen-bond donors (Lipinski definition) is 3. The smallest absolute Gasteiger partial charge is 0.255 e. The zero-order valence-corrected chi connectivity index (χ0v) is 12.1. The zero-order valence-electron chi connectivity index (χ0n) is 11.3. The molecule has 0 bridgehead atoms. The predicted molar refractivity (Wildman–Crippen MR) is 83.6 cm³/mol. The van der Waals surface area contributed by atoms with Gasteiger partial charge >= 0.3 is 0 Å². The molecule has 5 nitrogen and oxygen atoms in total. The summed E-state index contributed by atoms with van der Waals surface area (Å²) in [5.41, 5.74) is 7.39. The van der Waals surface area contributed by atoms with E-state index in [1.54, 1.807) is 43.4 Å². The lowest BCUT2D eigenvalue weighted by Crippen LogP contribution is -2.18. The van der Waals surface area contributed by atoms with Crippen LogP contribution < -0.4 is 16.4 Å². The summed E-state index contributed by atoms with van der Waals surface area (Å²) in [5, 5.41) is 5.55. The second-order valence-electron chi connectivity index (χ2n) is 4.35. The summed E-state index contributed by atoms with van der Waals surface area (Å²) in [6, 6.07) is 11.3. The number of hydrogen-bond acceptors (Lipinski definition) is 3. The van der Waals surface area contributed by atoms with Crippen molar-refractivity contribution in [1.29, 1.82) is 0 Å². The fourth-order valence-corrected chi connectivity index (χ4v) is 1.93. The van der Waals surface area contributed by atoms with Crippen molar-refractivity contribution in [3.63, 3.8) is 0 Å². The maximum Gasteiger partial charge on any atom is 0.255 e. The van der Waals surface area contributed by atoms with E-state index in [9.17, 15) is 9.59 Å². The SMILES string of the molecule is CNC(=O)c1cccc(NC(=O)c2ccc(N)c(Cl)c2)c1. The number of anilines is 2. The predicted octanol–water partition coefficient (Wildman–Crippen LogP) is 2.53. The highest BCUT2D eigenvalue weighted by molar-refractivity contribution is 6.33. The normalized spacial score (nSPS) is 10.0. The number of carbonyl (C=O) groups excluding carboxylic acids is 2. The monoisotopic (exact) mass is 303 g/mol. The number of halogens is 1. The molecule has 0 heterocycles. The molecule has 0 aliphatic carbocycles. The highest BCUT2D eigenvalue weighted by Crippen LogP contribution is 2.20. The molecule has 2 aromatic carbocycles. The van der Waals surface area contributed by atoms with Crippen LogP contribution >= 0.6 is 11.6 Å². The number of carbonyl (C=O) groups is 2. The molecule has 0 saturated carbocycles. The Morgan fingerprint density at radius 3 is 2.43 bits per heavy atom. The van der Waals surface area contributed by atoms with Crippen LogP contribution in [0.15, 0.2) is 42.5 Å². The third-order valence-electron chi connectivity index (χ3n) is 2.87. The van der Waals surface area contributed by atoms with Crippen LogP contribution in [0.1, 0.15) is 20.7 Å². The summed E-state index contributed by atoms with van der Waals surface area (Å²) in [6.45, 7) is 0. The minimum absolute atomic E-state index is 0.221. The van der Waals surface area contributed by atoms with Crippen molar-refractivity contribution in [2.75, 3.05) is 18.1 Å². The number of nitrogens with two attached hydrogens (primary N) is 1. The third-order valence-corrected chi connectivity index (χ3v) is 3.20. The molecule has 0 spiro atoms. The number of nitrogen functional groups attached to an aromatic ring is 1. The maximum absolute atomic E-state index is 12.1. The summed E-state index contributed by atoms with van der Waals surface area (Å²) in [7, 11) is 1.55. The molecular formula is C15H14ClN3O2. The molecule has 0 aliphatic rings. The molecule has 0 unspecified atom stereocenters. The fraction of sp³-hybridized carbons (Fsp3) is 0.0667. The lowest BCUT2D eigenvalue weighted by molar-refractivity contribution is 0.0961. The van der Waals surface area contributed by atoms with Gasteiger partial charge in [0.25, 0.3) is 11.8 Å². The highest BCUT2D eigenvalue weighted by Gasteiger charge is 2.09. The molecule has 2 amide bonds. The van der Waals surface area contributed by atoms with Gasteiger partial charge in [-0.2, -0.15) is 0 Å². The van der Waals surface area contributed by atoms with Crippen LogP contribution in [-0.4, -0.2) is 18.9 Å². The summed E-state index contributed by atoms with van der Waals surface area (Å²) in [5.74, 6) is -0.549. The van der Waals surface area contributed by atoms with Crippen LogP contribution in [0.2, 0.25) is 5.02 Å². The third kappa shape index (κ3) is 3.52. The van der Waals surface area contributed by atoms with E-state index in [2.05, 4.69) is 10.6 Å². The first-order chi connectivity index (χ1) is 10.0. The number of nitrogens with one attached hydrogen (secondary N) is 2. The van der Waals surface area contributed by atoms with Gasteiger partial charge in [-0.1, -0.05) is 17.7 Å². The molecule has 0 aromatic heterocycles. The van der Waals surface area contributed by atoms with E-state index in [4.69, 9.17) is 17.3 Å². The van der Waals surface area contributed by atoms with Crippen molar-refractivity contribution in [2.45, 2.75) is 0 Å². The Kier molecular flexibility index (Phi) is 4.45. The molecular weight excluding hydrogens is 290 g/mol. The van der Waals surface area contributed by atoms with Gasteiger partial charge in [-0.3, -0.25) is 9.59 Å². The minimum Gasteiger partial charge on any atom is -0.398 e. The van der Waals surface area contributed by atoms with Crippen LogP contribution in [0.3, 0.4) is 0 Å². The molecule has 2 rings (SSSR count). The van der Waals surface area contributed by atoms with E-state index in [1.807, 2.05) is 0 Å². The minimum atomic E-state index is -0.328. The summed E-state index contributed by atoms with van der Waals surface area (Å²) >= 11 is 5.89. The van der Waals surface area contributed by atoms with Crippen LogP contribution in [0, 0.1) is 0 Å². The van der Waals surface area contributed by atoms with Gasteiger partial charge in [-0.25, -0.2) is 0 Å². The van der Waals surface area contributed by atoms with Crippen LogP contribution in [0.5, 0.6) is 0 Å². The van der Waals surface area contributed by atoms with E-state index in [1.165, 1.54) is 6.07 Å². The van der Waals surface area contributed by atoms with Gasteiger partial charge in [0.1, 0.15) is 0 Å². The van der Waals surface area contributed by atoms with Crippen molar-refractivity contribution in [3.8, 4) is 0 Å². The Labute approximate surface area is 127 Å². The van der Waals surface area contributed by atoms with Gasteiger partial charge in [0.2, 0.25) is 0 Å². The lowest BCUT2D eigenvalue weighted by Gasteiger charge is -2.08. The molecule has 0 saturated heterocycles. The molecule has 0 atom stereocenters. The van der Waals surface area contributed by atoms with Gasteiger partial charge in [-0.05, 0) is 36.4 Å². The van der Waals surface area contributed by atoms with Gasteiger partial charge in [0.05, 0.1) is 10.7 Å². The first-order valence-electron chi connectivity index (χ1n) is 6.20. The van der Waals surface area contributed by atoms with E-state index in [-0.39, 0.29) is 11.8 Å². The lowest BCUT2D eigenvalue weighted by atomic mass is 10.1. The second-order valence-corrected chi connectivity index (χ2v) is 4.76. The molecule has 0 aliphatic heterocycles. The standard InChI is InChI=1S/C15H14ClN3O2/c1-18-14(20)9-3-2-4-11(7-9)19-15(21)10-5-6-13(17)12(16)8-10/h2-8H,17H2,1H3,(H,18,20)(H,19,21). The first kappa shape index (κ1) is 14.9. The van der Waals surface area contributed by atoms with Crippen molar-refractivity contribution < 1.29 is 9.59 Å². The zero-order chi connectivity index (χ0) is 15.4. The van der Waals surface area contributed by atoms with E-state index < -0.39 is 0 Å². The number of rotatable bonds is 3. The molecule has 21 heavy (non-hydrogen) atoms. The molecule has 2 aromatic rings. The quantitative estimate of drug-likeness (QED) is 0.762. The Hall–Kier alpha value is -2.53. The molecule has 6 heteroatoms. The van der Waals surface area contributed by atoms with Gasteiger partial charge in [-0.15, -0.1) is 0 Å². The fourth-order valence-electron chi connectivity index (χ4n) is 1.75. The second kappa shape index (κ2) is 6.28. The first-order valence-corrected chi connectivity index (χ1v) is 6.57. The van der Waals surface area contributed by atoms with Gasteiger partial charge in [0.15, 0.2) is 0 Å². The Balaban J connectivity index is 2.19. The van der Waals surface area contributed by atoms with Crippen molar-refractivity contribution >= 4 is 34.8 Å². The summed E-state index contributed by atoms with van der Waals surface area (Å²) in [6.07, 6.45) is 0. The Morgan fingerprint density at radius 1 is 1.05 bits per heavy atom. The van der Waals surface area contributed by atoms with E-state index >= 15 is 0 Å². The molecule has 4 N–H and O–H groups in total. The molecule has 108 valence electrons. The van der Waals surface area contributed by atoms with E-state index in [0.717, 1.165) is 0 Å². The Morgan fingerprint density at radius 2 is 1.76 bits per heavy atom. The average Bonchev–Trinajstić information content (AvgIpc) is 2.49. The van der Waals surface area contributed by atoms with Crippen LogP contribution in [0.4, 0.5) is 11.4 Å². The van der Waals surface area contributed by atoms with Gasteiger partial charge in [0, 0.05) is 23.9 Å². The largest absolute Gasteiger partial charge is 0.398 e. The van der Waals surface area contributed by atoms with Crippen molar-refractivity contribution in [1.82, 2.24) is 5.32 Å². The van der Waals surface area contributed by atoms with Crippen molar-refractivity contribution in [2.24, 2.45) is 0 Å². The summed E-state index contributed by atoms with van der Waals surface area (Å²) < 4.78 is 0. The molecule has 0 fully saturated rings. The maximum atomic E-state index is 12.1.